The zero-order valence-corrected chi connectivity index (χ0v) is 23.4. The van der Waals surface area contributed by atoms with E-state index in [-0.39, 0.29) is 0 Å². The van der Waals surface area contributed by atoms with E-state index < -0.39 is 17.2 Å². The minimum Gasteiger partial charge on any atom is -0.331 e. The van der Waals surface area contributed by atoms with Crippen molar-refractivity contribution in [2.75, 3.05) is 4.90 Å². The molecule has 6 rings (SSSR count). The molecule has 0 amide bonds. The second-order valence-corrected chi connectivity index (χ2v) is 11.3. The number of anilines is 2. The Hall–Kier alpha value is -4.76. The highest BCUT2D eigenvalue weighted by atomic mass is 19.1. The first kappa shape index (κ1) is 26.5. The summed E-state index contributed by atoms with van der Waals surface area (Å²) in [5, 5.41) is 2.39. The molecular formula is C38H31F2N. The van der Waals surface area contributed by atoms with Crippen molar-refractivity contribution >= 4 is 22.1 Å². The van der Waals surface area contributed by atoms with Crippen LogP contribution in [0.1, 0.15) is 20.8 Å². The molecule has 0 bridgehead atoms. The van der Waals surface area contributed by atoms with E-state index in [0.717, 1.165) is 27.8 Å². The first-order valence-corrected chi connectivity index (χ1v) is 13.8. The van der Waals surface area contributed by atoms with E-state index in [0.29, 0.717) is 16.9 Å². The van der Waals surface area contributed by atoms with Gasteiger partial charge in [-0.25, -0.2) is 8.78 Å². The second-order valence-electron chi connectivity index (χ2n) is 11.3. The number of hydrogen-bond donors (Lipinski definition) is 0. The van der Waals surface area contributed by atoms with Crippen molar-refractivity contribution < 1.29 is 8.78 Å². The molecule has 0 saturated heterocycles. The van der Waals surface area contributed by atoms with Crippen molar-refractivity contribution in [3.63, 3.8) is 0 Å². The van der Waals surface area contributed by atoms with Crippen LogP contribution in [0, 0.1) is 11.6 Å². The molecule has 3 heteroatoms. The molecule has 41 heavy (non-hydrogen) atoms. The molecule has 0 fully saturated rings. The third-order valence-electron chi connectivity index (χ3n) is 7.45. The molecule has 0 unspecified atom stereocenters. The van der Waals surface area contributed by atoms with E-state index in [1.54, 1.807) is 29.2 Å². The Morgan fingerprint density at radius 2 is 1.10 bits per heavy atom. The number of halogens is 2. The van der Waals surface area contributed by atoms with Gasteiger partial charge in [0.25, 0.3) is 0 Å². The Morgan fingerprint density at radius 3 is 1.83 bits per heavy atom. The molecule has 6 aromatic carbocycles. The molecule has 0 radical (unpaired) electrons. The summed E-state index contributed by atoms with van der Waals surface area (Å²) in [7, 11) is 0. The van der Waals surface area contributed by atoms with Gasteiger partial charge in [-0.1, -0.05) is 109 Å². The molecule has 0 spiro atoms. The van der Waals surface area contributed by atoms with Gasteiger partial charge in [-0.2, -0.15) is 0 Å². The van der Waals surface area contributed by atoms with Gasteiger partial charge in [-0.15, -0.1) is 0 Å². The lowest BCUT2D eigenvalue weighted by Crippen LogP contribution is -2.39. The largest absolute Gasteiger partial charge is 0.331 e. The molecule has 1 nitrogen and oxygen atoms in total. The summed E-state index contributed by atoms with van der Waals surface area (Å²) in [5.41, 5.74) is 5.58. The van der Waals surface area contributed by atoms with Gasteiger partial charge in [-0.3, -0.25) is 0 Å². The van der Waals surface area contributed by atoms with E-state index in [9.17, 15) is 0 Å². The van der Waals surface area contributed by atoms with Gasteiger partial charge in [0.2, 0.25) is 0 Å². The molecule has 0 aromatic heterocycles. The number of nitrogens with zero attached hydrogens (tertiary/aromatic N) is 1. The van der Waals surface area contributed by atoms with Gasteiger partial charge >= 0.3 is 0 Å². The summed E-state index contributed by atoms with van der Waals surface area (Å²) >= 11 is 0. The molecule has 0 heterocycles. The van der Waals surface area contributed by atoms with Crippen molar-refractivity contribution in [2.45, 2.75) is 26.3 Å². The molecule has 0 saturated carbocycles. The van der Waals surface area contributed by atoms with E-state index in [1.165, 1.54) is 16.8 Å². The zero-order valence-electron chi connectivity index (χ0n) is 23.4. The number of hydrogen-bond acceptors (Lipinski definition) is 1. The van der Waals surface area contributed by atoms with E-state index >= 15 is 8.78 Å². The number of fused-ring (bicyclic) bond motifs is 1. The number of rotatable bonds is 5. The highest BCUT2D eigenvalue weighted by molar-refractivity contribution is 5.97. The van der Waals surface area contributed by atoms with Crippen LogP contribution in [0.5, 0.6) is 0 Å². The Balaban J connectivity index is 1.50. The number of benzene rings is 6. The van der Waals surface area contributed by atoms with Gasteiger partial charge in [0.1, 0.15) is 11.6 Å². The maximum atomic E-state index is 16.4. The molecule has 0 aliphatic carbocycles. The minimum absolute atomic E-state index is 0.336. The monoisotopic (exact) mass is 539 g/mol. The Labute approximate surface area is 240 Å². The van der Waals surface area contributed by atoms with Gasteiger partial charge in [0.05, 0.1) is 11.4 Å². The van der Waals surface area contributed by atoms with Crippen molar-refractivity contribution in [1.29, 1.82) is 0 Å². The van der Waals surface area contributed by atoms with Crippen LogP contribution < -0.4 is 4.90 Å². The average Bonchev–Trinajstić information content (AvgIpc) is 2.98. The third-order valence-corrected chi connectivity index (χ3v) is 7.45. The van der Waals surface area contributed by atoms with Crippen LogP contribution in [0.3, 0.4) is 0 Å². The summed E-state index contributed by atoms with van der Waals surface area (Å²) < 4.78 is 31.6. The standard InChI is InChI=1S/C38H31F2N/c1-38(2,3)41(36-19-10-9-18-34(36)39)37-33(28-12-5-4-6-13-28)24-30(25-35(37)40)26-20-22-29(23-21-26)32-17-11-15-27-14-7-8-16-31(27)32/h4-25H,1-3H3. The van der Waals surface area contributed by atoms with Crippen molar-refractivity contribution in [3.05, 3.63) is 145 Å². The topological polar surface area (TPSA) is 3.24 Å². The van der Waals surface area contributed by atoms with Gasteiger partial charge in [-0.05, 0) is 83.6 Å². The first-order valence-electron chi connectivity index (χ1n) is 13.8. The van der Waals surface area contributed by atoms with Crippen LogP contribution in [0.2, 0.25) is 0 Å². The van der Waals surface area contributed by atoms with E-state index in [2.05, 4.69) is 48.5 Å². The summed E-state index contributed by atoms with van der Waals surface area (Å²) in [6.45, 7) is 5.90. The third kappa shape index (κ3) is 5.12. The summed E-state index contributed by atoms with van der Waals surface area (Å²) in [4.78, 5) is 1.77. The summed E-state index contributed by atoms with van der Waals surface area (Å²) in [6, 6.07) is 42.8. The minimum atomic E-state index is -0.603. The fourth-order valence-electron chi connectivity index (χ4n) is 5.60. The van der Waals surface area contributed by atoms with E-state index in [1.807, 2.05) is 75.4 Å². The lowest BCUT2D eigenvalue weighted by Gasteiger charge is -2.39. The fraction of sp³-hybridized carbons (Fsp3) is 0.105. The van der Waals surface area contributed by atoms with Crippen LogP contribution in [-0.4, -0.2) is 5.54 Å². The normalized spacial score (nSPS) is 11.5. The van der Waals surface area contributed by atoms with Crippen LogP contribution in [0.15, 0.2) is 133 Å². The Kier molecular flexibility index (Phi) is 6.88. The zero-order chi connectivity index (χ0) is 28.6. The van der Waals surface area contributed by atoms with Gasteiger partial charge in [0, 0.05) is 11.1 Å². The fourth-order valence-corrected chi connectivity index (χ4v) is 5.60. The first-order chi connectivity index (χ1) is 19.8. The van der Waals surface area contributed by atoms with Crippen LogP contribution in [-0.2, 0) is 0 Å². The second kappa shape index (κ2) is 10.7. The predicted octanol–water partition coefficient (Wildman–Crippen LogP) is 11.1. The van der Waals surface area contributed by atoms with Crippen molar-refractivity contribution in [1.82, 2.24) is 0 Å². The highest BCUT2D eigenvalue weighted by Crippen LogP contribution is 2.44. The average molecular weight is 540 g/mol. The van der Waals surface area contributed by atoms with E-state index in [4.69, 9.17) is 0 Å². The highest BCUT2D eigenvalue weighted by Gasteiger charge is 2.31. The van der Waals surface area contributed by atoms with Crippen LogP contribution in [0.25, 0.3) is 44.2 Å². The molecule has 0 N–H and O–H groups in total. The molecule has 0 atom stereocenters. The lowest BCUT2D eigenvalue weighted by molar-refractivity contribution is 0.527. The van der Waals surface area contributed by atoms with Gasteiger partial charge in [0.15, 0.2) is 0 Å². The Morgan fingerprint density at radius 1 is 0.488 bits per heavy atom. The summed E-state index contributed by atoms with van der Waals surface area (Å²) in [5.74, 6) is -0.799. The molecular weight excluding hydrogens is 508 g/mol. The number of para-hydroxylation sites is 1. The quantitative estimate of drug-likeness (QED) is 0.211. The van der Waals surface area contributed by atoms with Crippen molar-refractivity contribution in [3.8, 4) is 33.4 Å². The maximum absolute atomic E-state index is 16.4. The molecule has 202 valence electrons. The predicted molar refractivity (Wildman–Crippen MR) is 169 cm³/mol. The smallest absolute Gasteiger partial charge is 0.148 e. The van der Waals surface area contributed by atoms with Crippen LogP contribution in [0.4, 0.5) is 20.2 Å². The molecule has 0 aliphatic heterocycles. The van der Waals surface area contributed by atoms with Crippen LogP contribution >= 0.6 is 0 Å². The van der Waals surface area contributed by atoms with Gasteiger partial charge < -0.3 is 4.90 Å². The summed E-state index contributed by atoms with van der Waals surface area (Å²) in [6.07, 6.45) is 0. The Bertz CT molecular complexity index is 1830. The molecule has 0 aliphatic rings. The maximum Gasteiger partial charge on any atom is 0.148 e. The lowest BCUT2D eigenvalue weighted by atomic mass is 9.92. The SMILES string of the molecule is CC(C)(C)N(c1ccccc1F)c1c(F)cc(-c2ccc(-c3cccc4ccccc34)cc2)cc1-c1ccccc1. The molecule has 6 aromatic rings. The van der Waals surface area contributed by atoms with Crippen molar-refractivity contribution in [2.24, 2.45) is 0 Å².